The van der Waals surface area contributed by atoms with E-state index in [0.29, 0.717) is 0 Å². The number of para-hydroxylation sites is 1. The van der Waals surface area contributed by atoms with Crippen molar-refractivity contribution in [2.75, 3.05) is 4.90 Å². The molecule has 1 saturated heterocycles. The molecule has 2 amide bonds. The van der Waals surface area contributed by atoms with E-state index in [4.69, 9.17) is 0 Å². The standard InChI is InChI=1S/C17H17NO2/c1-10-5-3-4-6-13(10)18-15(19)14-11-7-8-12(9-11)17(14,2)16(18)20/h3-8,11-12,14H,9H2,1-2H3/t11-,12-,14+,17+/m1/s1. The number of hydrogen-bond acceptors (Lipinski definition) is 2. The number of rotatable bonds is 1. The van der Waals surface area contributed by atoms with Crippen LogP contribution in [-0.4, -0.2) is 11.8 Å². The highest BCUT2D eigenvalue weighted by Crippen LogP contribution is 2.60. The molecule has 0 unspecified atom stereocenters. The Balaban J connectivity index is 1.85. The van der Waals surface area contributed by atoms with E-state index in [1.165, 1.54) is 4.90 Å². The second-order valence-corrected chi connectivity index (χ2v) is 6.42. The van der Waals surface area contributed by atoms with Crippen LogP contribution >= 0.6 is 0 Å². The molecule has 2 aliphatic carbocycles. The number of carbonyl (C=O) groups is 2. The quantitative estimate of drug-likeness (QED) is 0.579. The maximum absolute atomic E-state index is 12.9. The molecule has 3 aliphatic rings. The predicted molar refractivity (Wildman–Crippen MR) is 76.0 cm³/mol. The Morgan fingerprint density at radius 3 is 2.65 bits per heavy atom. The Bertz CT molecular complexity index is 663. The second-order valence-electron chi connectivity index (χ2n) is 6.42. The smallest absolute Gasteiger partial charge is 0.241 e. The normalized spacial score (nSPS) is 37.9. The van der Waals surface area contributed by atoms with Crippen molar-refractivity contribution in [1.29, 1.82) is 0 Å². The van der Waals surface area contributed by atoms with Crippen molar-refractivity contribution in [2.45, 2.75) is 20.3 Å². The summed E-state index contributed by atoms with van der Waals surface area (Å²) in [6, 6.07) is 7.62. The summed E-state index contributed by atoms with van der Waals surface area (Å²) in [6.45, 7) is 3.92. The lowest BCUT2D eigenvalue weighted by Gasteiger charge is -2.28. The number of fused-ring (bicyclic) bond motifs is 5. The number of nitrogens with zero attached hydrogens (tertiary/aromatic N) is 1. The van der Waals surface area contributed by atoms with Crippen molar-refractivity contribution in [2.24, 2.45) is 23.2 Å². The van der Waals surface area contributed by atoms with Gasteiger partial charge in [0.25, 0.3) is 0 Å². The molecule has 1 aromatic carbocycles. The van der Waals surface area contributed by atoms with Gasteiger partial charge in [-0.2, -0.15) is 0 Å². The zero-order valence-corrected chi connectivity index (χ0v) is 11.7. The Morgan fingerprint density at radius 2 is 1.95 bits per heavy atom. The third kappa shape index (κ3) is 1.17. The van der Waals surface area contributed by atoms with Crippen LogP contribution < -0.4 is 4.90 Å². The first-order chi connectivity index (χ1) is 9.55. The molecule has 0 radical (unpaired) electrons. The summed E-state index contributed by atoms with van der Waals surface area (Å²) in [5.41, 5.74) is 1.19. The monoisotopic (exact) mass is 267 g/mol. The molecule has 2 bridgehead atoms. The summed E-state index contributed by atoms with van der Waals surface area (Å²) in [7, 11) is 0. The van der Waals surface area contributed by atoms with Gasteiger partial charge < -0.3 is 0 Å². The Hall–Kier alpha value is -1.90. The van der Waals surface area contributed by atoms with Crippen molar-refractivity contribution in [3.63, 3.8) is 0 Å². The Labute approximate surface area is 118 Å². The summed E-state index contributed by atoms with van der Waals surface area (Å²) >= 11 is 0. The average molecular weight is 267 g/mol. The van der Waals surface area contributed by atoms with Gasteiger partial charge >= 0.3 is 0 Å². The van der Waals surface area contributed by atoms with E-state index in [9.17, 15) is 9.59 Å². The van der Waals surface area contributed by atoms with Gasteiger partial charge in [-0.15, -0.1) is 0 Å². The van der Waals surface area contributed by atoms with Gasteiger partial charge in [-0.25, -0.2) is 4.90 Å². The number of allylic oxidation sites excluding steroid dienone is 2. The summed E-state index contributed by atoms with van der Waals surface area (Å²) in [4.78, 5) is 27.2. The van der Waals surface area contributed by atoms with Crippen LogP contribution in [0.3, 0.4) is 0 Å². The maximum Gasteiger partial charge on any atom is 0.241 e. The van der Waals surface area contributed by atoms with E-state index >= 15 is 0 Å². The number of anilines is 1. The van der Waals surface area contributed by atoms with E-state index in [0.717, 1.165) is 17.7 Å². The molecular formula is C17H17NO2. The summed E-state index contributed by atoms with van der Waals surface area (Å²) in [5.74, 6) is 0.283. The highest BCUT2D eigenvalue weighted by Gasteiger charge is 2.67. The lowest BCUT2D eigenvalue weighted by molar-refractivity contribution is -0.127. The van der Waals surface area contributed by atoms with Crippen LogP contribution in [0, 0.1) is 30.1 Å². The van der Waals surface area contributed by atoms with Crippen LogP contribution in [0.2, 0.25) is 0 Å². The number of aryl methyl sites for hydroxylation is 1. The minimum absolute atomic E-state index is 0.0105. The number of benzene rings is 1. The van der Waals surface area contributed by atoms with Gasteiger partial charge in [-0.05, 0) is 43.7 Å². The van der Waals surface area contributed by atoms with Crippen LogP contribution in [0.5, 0.6) is 0 Å². The lowest BCUT2D eigenvalue weighted by atomic mass is 9.71. The number of amides is 2. The molecule has 1 heterocycles. The van der Waals surface area contributed by atoms with Crippen molar-refractivity contribution < 1.29 is 9.59 Å². The van der Waals surface area contributed by atoms with Gasteiger partial charge in [0, 0.05) is 0 Å². The van der Waals surface area contributed by atoms with Crippen LogP contribution in [-0.2, 0) is 9.59 Å². The zero-order valence-electron chi connectivity index (χ0n) is 11.7. The minimum atomic E-state index is -0.529. The number of carbonyl (C=O) groups excluding carboxylic acids is 2. The molecule has 0 spiro atoms. The fourth-order valence-corrected chi connectivity index (χ4v) is 4.35. The summed E-state index contributed by atoms with van der Waals surface area (Å²) in [5, 5.41) is 0. The SMILES string of the molecule is Cc1ccccc1N1C(=O)[C@@H]2[C@@H]3C=C[C@H](C3)[C@]2(C)C1=O. The molecule has 0 N–H and O–H groups in total. The third-order valence-corrected chi connectivity index (χ3v) is 5.47. The fraction of sp³-hybridized carbons (Fsp3) is 0.412. The largest absolute Gasteiger partial charge is 0.274 e. The predicted octanol–water partition coefficient (Wildman–Crippen LogP) is 2.70. The highest BCUT2D eigenvalue weighted by molar-refractivity contribution is 6.24. The Kier molecular flexibility index (Phi) is 2.14. The van der Waals surface area contributed by atoms with E-state index in [2.05, 4.69) is 12.2 Å². The van der Waals surface area contributed by atoms with Crippen molar-refractivity contribution >= 4 is 17.5 Å². The third-order valence-electron chi connectivity index (χ3n) is 5.47. The molecule has 4 rings (SSSR count). The second kappa shape index (κ2) is 3.60. The molecular weight excluding hydrogens is 250 g/mol. The molecule has 4 atom stereocenters. The van der Waals surface area contributed by atoms with E-state index in [1.54, 1.807) is 0 Å². The van der Waals surface area contributed by atoms with Crippen molar-refractivity contribution in [1.82, 2.24) is 0 Å². The van der Waals surface area contributed by atoms with Gasteiger partial charge in [0.1, 0.15) is 0 Å². The van der Waals surface area contributed by atoms with Crippen LogP contribution in [0.4, 0.5) is 5.69 Å². The average Bonchev–Trinajstić information content (AvgIpc) is 3.05. The number of hydrogen-bond donors (Lipinski definition) is 0. The molecule has 102 valence electrons. The first-order valence-electron chi connectivity index (χ1n) is 7.17. The van der Waals surface area contributed by atoms with Gasteiger partial charge in [-0.3, -0.25) is 9.59 Å². The van der Waals surface area contributed by atoms with E-state index < -0.39 is 5.41 Å². The molecule has 3 nitrogen and oxygen atoms in total. The van der Waals surface area contributed by atoms with E-state index in [-0.39, 0.29) is 29.6 Å². The molecule has 1 aliphatic heterocycles. The Morgan fingerprint density at radius 1 is 1.20 bits per heavy atom. The van der Waals surface area contributed by atoms with E-state index in [1.807, 2.05) is 38.1 Å². The maximum atomic E-state index is 12.9. The van der Waals surface area contributed by atoms with Gasteiger partial charge in [0.15, 0.2) is 0 Å². The topological polar surface area (TPSA) is 37.4 Å². The fourth-order valence-electron chi connectivity index (χ4n) is 4.35. The first-order valence-corrected chi connectivity index (χ1v) is 7.17. The van der Waals surface area contributed by atoms with Gasteiger partial charge in [0.2, 0.25) is 11.8 Å². The number of imide groups is 1. The van der Waals surface area contributed by atoms with Crippen molar-refractivity contribution in [3.8, 4) is 0 Å². The minimum Gasteiger partial charge on any atom is -0.274 e. The molecule has 2 fully saturated rings. The van der Waals surface area contributed by atoms with Gasteiger partial charge in [0.05, 0.1) is 17.0 Å². The highest BCUT2D eigenvalue weighted by atomic mass is 16.2. The molecule has 1 saturated carbocycles. The van der Waals surface area contributed by atoms with Crippen LogP contribution in [0.15, 0.2) is 36.4 Å². The molecule has 0 aromatic heterocycles. The summed E-state index contributed by atoms with van der Waals surface area (Å²) in [6.07, 6.45) is 5.22. The van der Waals surface area contributed by atoms with Crippen LogP contribution in [0.1, 0.15) is 18.9 Å². The molecule has 1 aromatic rings. The first kappa shape index (κ1) is 11.9. The molecule has 20 heavy (non-hydrogen) atoms. The lowest BCUT2D eigenvalue weighted by Crippen LogP contribution is -2.37. The molecule has 3 heteroatoms. The van der Waals surface area contributed by atoms with Gasteiger partial charge in [-0.1, -0.05) is 30.4 Å². The zero-order chi connectivity index (χ0) is 14.1. The van der Waals surface area contributed by atoms with Crippen molar-refractivity contribution in [3.05, 3.63) is 42.0 Å². The van der Waals surface area contributed by atoms with Crippen LogP contribution in [0.25, 0.3) is 0 Å². The summed E-state index contributed by atoms with van der Waals surface area (Å²) < 4.78 is 0.